The van der Waals surface area contributed by atoms with Crippen LogP contribution in [0.15, 0.2) is 84.9 Å². The van der Waals surface area contributed by atoms with Gasteiger partial charge in [0.2, 0.25) is 5.91 Å². The van der Waals surface area contributed by atoms with Crippen LogP contribution >= 0.6 is 0 Å². The van der Waals surface area contributed by atoms with E-state index in [0.29, 0.717) is 42.3 Å². The van der Waals surface area contributed by atoms with E-state index >= 15 is 0 Å². The average Bonchev–Trinajstić information content (AvgIpc) is 2.95. The third-order valence-electron chi connectivity index (χ3n) is 5.92. The Morgan fingerprint density at radius 2 is 1.73 bits per heavy atom. The van der Waals surface area contributed by atoms with E-state index in [2.05, 4.69) is 10.6 Å². The van der Waals surface area contributed by atoms with Crippen LogP contribution in [0.5, 0.6) is 5.75 Å². The molecule has 2 amide bonds. The van der Waals surface area contributed by atoms with Gasteiger partial charge in [0.1, 0.15) is 12.4 Å². The third kappa shape index (κ3) is 9.76. The minimum absolute atomic E-state index is 0.0939. The van der Waals surface area contributed by atoms with Crippen molar-refractivity contribution in [1.29, 1.82) is 0 Å². The first kappa shape index (κ1) is 30.2. The second-order valence-corrected chi connectivity index (χ2v) is 9.01. The van der Waals surface area contributed by atoms with Gasteiger partial charge in [-0.3, -0.25) is 10.1 Å². The standard InChI is InChI=1S/C31H37N3O6/c1-3-38-28(10-6-7-11-29(36)34-27-9-5-4-8-26(27)32)30(23-14-18-25(19-15-23)39-21-20-35)40-31(37)33-24-16-12-22(2)13-17-24/h4-5,7-9,11-19,28,30,35H,3,6,10,20-21,32H2,1-2H3,(H,33,37)(H,34,36)/b11-7+/t28-,30-/m1/s1. The molecule has 0 aliphatic rings. The summed E-state index contributed by atoms with van der Waals surface area (Å²) in [6.07, 6.45) is 2.34. The zero-order chi connectivity index (χ0) is 28.7. The highest BCUT2D eigenvalue weighted by Crippen LogP contribution is 2.29. The topological polar surface area (TPSA) is 132 Å². The van der Waals surface area contributed by atoms with Gasteiger partial charge in [0, 0.05) is 12.3 Å². The lowest BCUT2D eigenvalue weighted by Gasteiger charge is -2.27. The van der Waals surface area contributed by atoms with Crippen molar-refractivity contribution < 1.29 is 28.9 Å². The molecule has 0 heterocycles. The molecule has 0 saturated carbocycles. The van der Waals surface area contributed by atoms with Gasteiger partial charge >= 0.3 is 6.09 Å². The summed E-state index contributed by atoms with van der Waals surface area (Å²) in [6.45, 7) is 4.32. The molecule has 212 valence electrons. The van der Waals surface area contributed by atoms with Gasteiger partial charge in [0.05, 0.1) is 24.1 Å². The number of benzene rings is 3. The molecule has 40 heavy (non-hydrogen) atoms. The number of aliphatic hydroxyl groups excluding tert-OH is 1. The molecule has 5 N–H and O–H groups in total. The fraction of sp³-hybridized carbons (Fsp3) is 0.290. The lowest BCUT2D eigenvalue weighted by molar-refractivity contribution is -0.111. The SMILES string of the molecule is CCO[C@H](CC/C=C/C(=O)Nc1ccccc1N)[C@H](OC(=O)Nc1ccc(C)cc1)c1ccc(OCCO)cc1. The van der Waals surface area contributed by atoms with Crippen molar-refractivity contribution in [2.45, 2.75) is 38.9 Å². The van der Waals surface area contributed by atoms with Crippen LogP contribution in [0, 0.1) is 6.92 Å². The summed E-state index contributed by atoms with van der Waals surface area (Å²) in [7, 11) is 0. The maximum atomic E-state index is 12.9. The van der Waals surface area contributed by atoms with Crippen LogP contribution in [0.25, 0.3) is 0 Å². The van der Waals surface area contributed by atoms with Crippen LogP contribution in [0.4, 0.5) is 21.9 Å². The molecule has 3 rings (SSSR count). The first-order chi connectivity index (χ1) is 19.4. The fourth-order valence-corrected chi connectivity index (χ4v) is 3.95. The van der Waals surface area contributed by atoms with Crippen LogP contribution in [-0.4, -0.2) is 43.0 Å². The van der Waals surface area contributed by atoms with E-state index in [1.54, 1.807) is 66.7 Å². The maximum Gasteiger partial charge on any atom is 0.412 e. The minimum atomic E-state index is -0.733. The van der Waals surface area contributed by atoms with Crippen molar-refractivity contribution in [1.82, 2.24) is 0 Å². The van der Waals surface area contributed by atoms with Crippen molar-refractivity contribution in [2.24, 2.45) is 0 Å². The van der Waals surface area contributed by atoms with Crippen molar-refractivity contribution in [3.63, 3.8) is 0 Å². The zero-order valence-corrected chi connectivity index (χ0v) is 22.8. The molecule has 0 bridgehead atoms. The molecule has 9 heteroatoms. The Morgan fingerprint density at radius 1 is 1.00 bits per heavy atom. The van der Waals surface area contributed by atoms with E-state index in [-0.39, 0.29) is 19.1 Å². The van der Waals surface area contributed by atoms with Crippen molar-refractivity contribution >= 4 is 29.1 Å². The highest BCUT2D eigenvalue weighted by atomic mass is 16.6. The van der Waals surface area contributed by atoms with Crippen molar-refractivity contribution in [3.8, 4) is 5.75 Å². The van der Waals surface area contributed by atoms with Gasteiger partial charge in [-0.1, -0.05) is 48.0 Å². The molecular weight excluding hydrogens is 510 g/mol. The Kier molecular flexibility index (Phi) is 12.0. The van der Waals surface area contributed by atoms with Gasteiger partial charge < -0.3 is 30.4 Å². The van der Waals surface area contributed by atoms with Crippen molar-refractivity contribution in [3.05, 3.63) is 96.1 Å². The highest BCUT2D eigenvalue weighted by molar-refractivity contribution is 6.01. The summed E-state index contributed by atoms with van der Waals surface area (Å²) in [4.78, 5) is 25.2. The first-order valence-electron chi connectivity index (χ1n) is 13.2. The number of anilines is 3. The number of para-hydroxylation sites is 2. The third-order valence-corrected chi connectivity index (χ3v) is 5.92. The Labute approximate surface area is 234 Å². The number of hydrogen-bond acceptors (Lipinski definition) is 7. The fourth-order valence-electron chi connectivity index (χ4n) is 3.95. The number of nitrogens with two attached hydrogens (primary N) is 1. The van der Waals surface area contributed by atoms with Gasteiger partial charge in [0.15, 0.2) is 6.10 Å². The monoisotopic (exact) mass is 547 g/mol. The Hall–Kier alpha value is -4.34. The predicted molar refractivity (Wildman–Crippen MR) is 156 cm³/mol. The Balaban J connectivity index is 1.71. The maximum absolute atomic E-state index is 12.9. The minimum Gasteiger partial charge on any atom is -0.491 e. The predicted octanol–water partition coefficient (Wildman–Crippen LogP) is 5.62. The van der Waals surface area contributed by atoms with Crippen LogP contribution in [0.2, 0.25) is 0 Å². The van der Waals surface area contributed by atoms with Crippen LogP contribution in [0.3, 0.4) is 0 Å². The number of ether oxygens (including phenoxy) is 3. The smallest absolute Gasteiger partial charge is 0.412 e. The van der Waals surface area contributed by atoms with Gasteiger partial charge in [-0.05, 0) is 74.7 Å². The summed E-state index contributed by atoms with van der Waals surface area (Å²) >= 11 is 0. The summed E-state index contributed by atoms with van der Waals surface area (Å²) in [5, 5.41) is 14.5. The molecule has 2 atom stereocenters. The molecule has 0 aromatic heterocycles. The van der Waals surface area contributed by atoms with E-state index < -0.39 is 18.3 Å². The quantitative estimate of drug-likeness (QED) is 0.152. The van der Waals surface area contributed by atoms with Crippen LogP contribution in [0.1, 0.15) is 37.0 Å². The number of allylic oxidation sites excluding steroid dienone is 1. The van der Waals surface area contributed by atoms with Crippen molar-refractivity contribution in [2.75, 3.05) is 36.2 Å². The largest absolute Gasteiger partial charge is 0.491 e. The lowest BCUT2D eigenvalue weighted by Crippen LogP contribution is -2.29. The summed E-state index contributed by atoms with van der Waals surface area (Å²) in [5.41, 5.74) is 9.33. The second-order valence-electron chi connectivity index (χ2n) is 9.01. The highest BCUT2D eigenvalue weighted by Gasteiger charge is 2.27. The molecule has 0 aliphatic heterocycles. The van der Waals surface area contributed by atoms with Gasteiger partial charge in [-0.25, -0.2) is 4.79 Å². The van der Waals surface area contributed by atoms with Gasteiger partial charge in [-0.2, -0.15) is 0 Å². The van der Waals surface area contributed by atoms with Crippen LogP contribution < -0.4 is 21.1 Å². The molecule has 0 spiro atoms. The van der Waals surface area contributed by atoms with Gasteiger partial charge in [0.25, 0.3) is 0 Å². The molecule has 0 radical (unpaired) electrons. The average molecular weight is 548 g/mol. The Bertz CT molecular complexity index is 1240. The van der Waals surface area contributed by atoms with Gasteiger partial charge in [-0.15, -0.1) is 0 Å². The first-order valence-corrected chi connectivity index (χ1v) is 13.2. The lowest BCUT2D eigenvalue weighted by atomic mass is 10.00. The van der Waals surface area contributed by atoms with E-state index in [1.807, 2.05) is 26.0 Å². The number of aliphatic hydroxyl groups is 1. The molecule has 3 aromatic carbocycles. The second kappa shape index (κ2) is 15.9. The summed E-state index contributed by atoms with van der Waals surface area (Å²) in [6, 6.07) is 21.5. The number of nitrogens with one attached hydrogen (secondary N) is 2. The number of aryl methyl sites for hydroxylation is 1. The molecule has 0 saturated heterocycles. The van der Waals surface area contributed by atoms with E-state index in [0.717, 1.165) is 11.1 Å². The molecular formula is C31H37N3O6. The summed E-state index contributed by atoms with van der Waals surface area (Å²) < 4.78 is 17.4. The number of hydrogen-bond donors (Lipinski definition) is 4. The number of carbonyl (C=O) groups is 2. The molecule has 0 aliphatic carbocycles. The molecule has 0 unspecified atom stereocenters. The number of amides is 2. The molecule has 9 nitrogen and oxygen atoms in total. The van der Waals surface area contributed by atoms with E-state index in [9.17, 15) is 9.59 Å². The Morgan fingerprint density at radius 3 is 2.40 bits per heavy atom. The van der Waals surface area contributed by atoms with Crippen LogP contribution in [-0.2, 0) is 14.3 Å². The number of nitrogen functional groups attached to an aromatic ring is 1. The normalized spacial score (nSPS) is 12.5. The molecule has 0 fully saturated rings. The number of carbonyl (C=O) groups excluding carboxylic acids is 2. The van der Waals surface area contributed by atoms with E-state index in [1.165, 1.54) is 6.08 Å². The van der Waals surface area contributed by atoms with E-state index in [4.69, 9.17) is 25.1 Å². The number of rotatable bonds is 14. The zero-order valence-electron chi connectivity index (χ0n) is 22.8. The molecule has 3 aromatic rings. The summed E-state index contributed by atoms with van der Waals surface area (Å²) in [5.74, 6) is 0.288.